The largest absolute Gasteiger partial charge is 0.386 e. The van der Waals surface area contributed by atoms with Gasteiger partial charge in [-0.15, -0.1) is 11.6 Å². The molecule has 16 heavy (non-hydrogen) atoms. The van der Waals surface area contributed by atoms with Crippen molar-refractivity contribution in [3.8, 4) is 0 Å². The van der Waals surface area contributed by atoms with Gasteiger partial charge in [-0.05, 0) is 28.1 Å². The summed E-state index contributed by atoms with van der Waals surface area (Å²) < 4.78 is 13.5. The summed E-state index contributed by atoms with van der Waals surface area (Å²) in [6.45, 7) is 0. The number of amidine groups is 1. The van der Waals surface area contributed by atoms with Gasteiger partial charge >= 0.3 is 5.69 Å². The molecule has 0 saturated carbocycles. The van der Waals surface area contributed by atoms with Crippen LogP contribution in [-0.4, -0.2) is 16.6 Å². The number of rotatable bonds is 3. The summed E-state index contributed by atoms with van der Waals surface area (Å²) in [5, 5.41) is 10.7. The Balaban J connectivity index is 3.46. The predicted octanol–water partition coefficient (Wildman–Crippen LogP) is 2.72. The van der Waals surface area contributed by atoms with Crippen molar-refractivity contribution in [2.45, 2.75) is 0 Å². The van der Waals surface area contributed by atoms with Crippen molar-refractivity contribution >= 4 is 44.7 Å². The number of hydrogen-bond acceptors (Lipinski definition) is 3. The van der Waals surface area contributed by atoms with E-state index in [-0.39, 0.29) is 21.9 Å². The summed E-state index contributed by atoms with van der Waals surface area (Å²) in [6.07, 6.45) is 0. The van der Waals surface area contributed by atoms with Crippen LogP contribution < -0.4 is 5.73 Å². The van der Waals surface area contributed by atoms with Crippen LogP contribution in [0, 0.1) is 15.9 Å². The lowest BCUT2D eigenvalue weighted by Gasteiger charge is -2.02. The molecule has 2 N–H and O–H groups in total. The summed E-state index contributed by atoms with van der Waals surface area (Å²) >= 11 is 8.42. The minimum Gasteiger partial charge on any atom is -0.386 e. The molecule has 1 aromatic rings. The van der Waals surface area contributed by atoms with Gasteiger partial charge in [-0.1, -0.05) is 0 Å². The van der Waals surface area contributed by atoms with Crippen LogP contribution in [0.25, 0.3) is 0 Å². The Kier molecular flexibility index (Phi) is 4.19. The molecule has 5 nitrogen and oxygen atoms in total. The lowest BCUT2D eigenvalue weighted by atomic mass is 10.2. The van der Waals surface area contributed by atoms with Crippen LogP contribution in [0.1, 0.15) is 0 Å². The van der Waals surface area contributed by atoms with Gasteiger partial charge in [0.25, 0.3) is 0 Å². The van der Waals surface area contributed by atoms with Crippen molar-refractivity contribution in [1.82, 2.24) is 0 Å². The van der Waals surface area contributed by atoms with Crippen molar-refractivity contribution in [2.75, 3.05) is 5.88 Å². The molecule has 0 aliphatic heterocycles. The first kappa shape index (κ1) is 12.9. The highest BCUT2D eigenvalue weighted by Crippen LogP contribution is 2.37. The zero-order chi connectivity index (χ0) is 12.3. The molecule has 0 unspecified atom stereocenters. The quantitative estimate of drug-likeness (QED) is 0.306. The predicted molar refractivity (Wildman–Crippen MR) is 62.8 cm³/mol. The molecule has 0 radical (unpaired) electrons. The van der Waals surface area contributed by atoms with Crippen molar-refractivity contribution < 1.29 is 9.31 Å². The Morgan fingerprint density at radius 1 is 1.69 bits per heavy atom. The number of nitro groups is 1. The molecule has 0 heterocycles. The second-order valence-corrected chi connectivity index (χ2v) is 3.84. The molecule has 0 atom stereocenters. The zero-order valence-electron chi connectivity index (χ0n) is 7.78. The first-order valence-electron chi connectivity index (χ1n) is 3.98. The second-order valence-electron chi connectivity index (χ2n) is 2.72. The maximum atomic E-state index is 13.2. The Bertz CT molecular complexity index is 467. The van der Waals surface area contributed by atoms with Crippen LogP contribution in [0.3, 0.4) is 0 Å². The summed E-state index contributed by atoms with van der Waals surface area (Å²) in [5.74, 6) is -1.11. The highest BCUT2D eigenvalue weighted by atomic mass is 79.9. The molecule has 0 saturated heterocycles. The lowest BCUT2D eigenvalue weighted by Crippen LogP contribution is -2.12. The molecule has 0 spiro atoms. The van der Waals surface area contributed by atoms with Crippen LogP contribution in [0.2, 0.25) is 0 Å². The fourth-order valence-corrected chi connectivity index (χ4v) is 1.45. The molecule has 0 amide bonds. The van der Waals surface area contributed by atoms with Crippen molar-refractivity contribution in [3.63, 3.8) is 0 Å². The van der Waals surface area contributed by atoms with E-state index in [1.807, 2.05) is 0 Å². The Morgan fingerprint density at radius 2 is 2.31 bits per heavy atom. The van der Waals surface area contributed by atoms with Crippen molar-refractivity contribution in [3.05, 3.63) is 32.5 Å². The molecular formula is C8H6BrClFN3O2. The highest BCUT2D eigenvalue weighted by molar-refractivity contribution is 9.10. The highest BCUT2D eigenvalue weighted by Gasteiger charge is 2.22. The average Bonchev–Trinajstić information content (AvgIpc) is 2.22. The maximum Gasteiger partial charge on any atom is 0.331 e. The molecule has 0 aliphatic carbocycles. The minimum absolute atomic E-state index is 0.0314. The van der Waals surface area contributed by atoms with Crippen LogP contribution in [0.15, 0.2) is 21.6 Å². The number of nitrogens with two attached hydrogens (primary N) is 1. The minimum atomic E-state index is -0.977. The second kappa shape index (κ2) is 5.22. The Hall–Kier alpha value is -1.21. The number of benzene rings is 1. The number of hydrogen-bond donors (Lipinski definition) is 1. The van der Waals surface area contributed by atoms with Crippen LogP contribution in [-0.2, 0) is 0 Å². The Labute approximate surface area is 103 Å². The zero-order valence-corrected chi connectivity index (χ0v) is 10.1. The third kappa shape index (κ3) is 2.67. The SMILES string of the molecule is NC(CCl)=Nc1c(Br)ccc(F)c1[N+](=O)[O-]. The number of alkyl halides is 1. The number of nitro benzene ring substituents is 1. The van der Waals surface area contributed by atoms with E-state index in [4.69, 9.17) is 17.3 Å². The molecule has 0 bridgehead atoms. The Morgan fingerprint density at radius 3 is 2.81 bits per heavy atom. The molecule has 86 valence electrons. The molecule has 0 fully saturated rings. The van der Waals surface area contributed by atoms with Crippen LogP contribution in [0.4, 0.5) is 15.8 Å². The third-order valence-corrected chi connectivity index (χ3v) is 2.54. The number of nitrogens with zero attached hydrogens (tertiary/aromatic N) is 2. The first-order valence-corrected chi connectivity index (χ1v) is 5.31. The van der Waals surface area contributed by atoms with Crippen molar-refractivity contribution in [2.24, 2.45) is 10.7 Å². The summed E-state index contributed by atoms with van der Waals surface area (Å²) in [5.41, 5.74) is 4.43. The molecule has 8 heteroatoms. The van der Waals surface area contributed by atoms with E-state index < -0.39 is 16.4 Å². The van der Waals surface area contributed by atoms with Gasteiger partial charge in [-0.25, -0.2) is 4.99 Å². The smallest absolute Gasteiger partial charge is 0.331 e. The molecule has 1 rings (SSSR count). The summed E-state index contributed by atoms with van der Waals surface area (Å²) in [4.78, 5) is 13.5. The fourth-order valence-electron chi connectivity index (χ4n) is 0.984. The first-order chi connectivity index (χ1) is 7.47. The number of halogens is 3. The van der Waals surface area contributed by atoms with Gasteiger partial charge in [-0.2, -0.15) is 4.39 Å². The van der Waals surface area contributed by atoms with Gasteiger partial charge in [0.15, 0.2) is 5.69 Å². The van der Waals surface area contributed by atoms with Gasteiger partial charge in [0.05, 0.1) is 15.3 Å². The van der Waals surface area contributed by atoms with Crippen LogP contribution in [0.5, 0.6) is 0 Å². The van der Waals surface area contributed by atoms with Gasteiger partial charge in [0.1, 0.15) is 5.84 Å². The van der Waals surface area contributed by atoms with Gasteiger partial charge in [-0.3, -0.25) is 10.1 Å². The number of aliphatic imine (C=N–C) groups is 1. The van der Waals surface area contributed by atoms with Crippen molar-refractivity contribution in [1.29, 1.82) is 0 Å². The van der Waals surface area contributed by atoms with E-state index >= 15 is 0 Å². The van der Waals surface area contributed by atoms with E-state index in [1.165, 1.54) is 6.07 Å². The van der Waals surface area contributed by atoms with E-state index in [9.17, 15) is 14.5 Å². The maximum absolute atomic E-state index is 13.2. The topological polar surface area (TPSA) is 81.5 Å². The molecule has 1 aromatic carbocycles. The monoisotopic (exact) mass is 309 g/mol. The molecular weight excluding hydrogens is 304 g/mol. The standard InChI is InChI=1S/C8H6BrClFN3O2/c9-4-1-2-5(11)8(14(15)16)7(4)13-6(12)3-10/h1-2H,3H2,(H2,12,13). The van der Waals surface area contributed by atoms with Gasteiger partial charge in [0, 0.05) is 0 Å². The lowest BCUT2D eigenvalue weighted by molar-refractivity contribution is -0.386. The normalized spacial score (nSPS) is 11.6. The van der Waals surface area contributed by atoms with E-state index in [0.29, 0.717) is 0 Å². The van der Waals surface area contributed by atoms with Gasteiger partial charge < -0.3 is 5.73 Å². The fraction of sp³-hybridized carbons (Fsp3) is 0.125. The molecule has 0 aromatic heterocycles. The van der Waals surface area contributed by atoms with E-state index in [2.05, 4.69) is 20.9 Å². The molecule has 0 aliphatic rings. The average molecular weight is 311 g/mol. The third-order valence-electron chi connectivity index (χ3n) is 1.63. The van der Waals surface area contributed by atoms with Gasteiger partial charge in [0.2, 0.25) is 5.82 Å². The van der Waals surface area contributed by atoms with E-state index in [0.717, 1.165) is 6.07 Å². The van der Waals surface area contributed by atoms with E-state index in [1.54, 1.807) is 0 Å². The van der Waals surface area contributed by atoms with Crippen LogP contribution >= 0.6 is 27.5 Å². The summed E-state index contributed by atoms with van der Waals surface area (Å²) in [6, 6.07) is 2.28. The summed E-state index contributed by atoms with van der Waals surface area (Å²) in [7, 11) is 0.